The zero-order chi connectivity index (χ0) is 23.0. The number of hydrazone groups is 1. The molecule has 2 aromatic rings. The van der Waals surface area contributed by atoms with E-state index >= 15 is 0 Å². The molecule has 0 aliphatic heterocycles. The van der Waals surface area contributed by atoms with Gasteiger partial charge in [-0.05, 0) is 43.5 Å². The lowest BCUT2D eigenvalue weighted by Gasteiger charge is -2.19. The predicted molar refractivity (Wildman–Crippen MR) is 120 cm³/mol. The number of benzene rings is 2. The highest BCUT2D eigenvalue weighted by Crippen LogP contribution is 2.23. The van der Waals surface area contributed by atoms with Crippen LogP contribution in [0.15, 0.2) is 52.5 Å². The molecular weight excluding hydrogens is 418 g/mol. The summed E-state index contributed by atoms with van der Waals surface area (Å²) in [5.74, 6) is 0.687. The lowest BCUT2D eigenvalue weighted by Crippen LogP contribution is -2.46. The monoisotopic (exact) mass is 447 g/mol. The van der Waals surface area contributed by atoms with Gasteiger partial charge in [-0.1, -0.05) is 31.5 Å². The van der Waals surface area contributed by atoms with Gasteiger partial charge in [0, 0.05) is 11.6 Å². The molecule has 168 valence electrons. The van der Waals surface area contributed by atoms with Crippen LogP contribution in [0.25, 0.3) is 0 Å². The van der Waals surface area contributed by atoms with Gasteiger partial charge in [-0.2, -0.15) is 9.82 Å². The Morgan fingerprint density at radius 2 is 1.77 bits per heavy atom. The molecule has 0 spiro atoms. The Morgan fingerprint density at radius 3 is 2.35 bits per heavy atom. The molecule has 0 aromatic heterocycles. The van der Waals surface area contributed by atoms with Crippen molar-refractivity contribution in [3.63, 3.8) is 0 Å². The molecule has 0 heterocycles. The van der Waals surface area contributed by atoms with Crippen LogP contribution >= 0.6 is 0 Å². The van der Waals surface area contributed by atoms with Crippen molar-refractivity contribution in [2.24, 2.45) is 11.0 Å². The van der Waals surface area contributed by atoms with E-state index in [1.165, 1.54) is 25.5 Å². The number of hydrogen-bond acceptors (Lipinski definition) is 6. The van der Waals surface area contributed by atoms with E-state index in [1.54, 1.807) is 37.4 Å². The van der Waals surface area contributed by atoms with Gasteiger partial charge in [0.2, 0.25) is 10.0 Å². The number of amides is 1. The number of aryl methyl sites for hydroxylation is 1. The van der Waals surface area contributed by atoms with E-state index in [0.29, 0.717) is 23.5 Å². The van der Waals surface area contributed by atoms with Gasteiger partial charge in [0.05, 0.1) is 25.3 Å². The minimum absolute atomic E-state index is 0.0853. The fourth-order valence-corrected chi connectivity index (χ4v) is 4.03. The standard InChI is InChI=1S/C22H29N3O5S/c1-15(2)12-20(25-31(27,28)19-10-6-16(3)7-11-19)22(26)24-23-14-17-8-9-18(29-4)13-21(17)30-5/h6-11,13-15,20,25H,12H2,1-5H3,(H,24,26)/b23-14-/t20-/m0/s1. The fraction of sp³-hybridized carbons (Fsp3) is 0.364. The van der Waals surface area contributed by atoms with E-state index in [9.17, 15) is 13.2 Å². The van der Waals surface area contributed by atoms with Crippen molar-refractivity contribution in [2.45, 2.75) is 38.1 Å². The average Bonchev–Trinajstić information content (AvgIpc) is 2.73. The highest BCUT2D eigenvalue weighted by atomic mass is 32.2. The highest BCUT2D eigenvalue weighted by molar-refractivity contribution is 7.89. The Balaban J connectivity index is 2.14. The number of sulfonamides is 1. The molecule has 0 saturated carbocycles. The molecule has 1 amide bonds. The van der Waals surface area contributed by atoms with Crippen molar-refractivity contribution >= 4 is 22.1 Å². The van der Waals surface area contributed by atoms with Crippen molar-refractivity contribution < 1.29 is 22.7 Å². The molecule has 2 aromatic carbocycles. The molecule has 0 fully saturated rings. The summed E-state index contributed by atoms with van der Waals surface area (Å²) in [6.45, 7) is 5.69. The Kier molecular flexibility index (Phi) is 8.58. The van der Waals surface area contributed by atoms with Gasteiger partial charge < -0.3 is 9.47 Å². The maximum Gasteiger partial charge on any atom is 0.258 e. The molecule has 9 heteroatoms. The molecule has 0 bridgehead atoms. The molecule has 2 N–H and O–H groups in total. The van der Waals surface area contributed by atoms with E-state index in [0.717, 1.165) is 5.56 Å². The lowest BCUT2D eigenvalue weighted by atomic mass is 10.0. The first-order valence-electron chi connectivity index (χ1n) is 9.80. The van der Waals surface area contributed by atoms with Gasteiger partial charge in [0.1, 0.15) is 17.5 Å². The second-order valence-corrected chi connectivity index (χ2v) is 9.17. The molecule has 0 aliphatic rings. The van der Waals surface area contributed by atoms with Crippen LogP contribution in [0.2, 0.25) is 0 Å². The zero-order valence-electron chi connectivity index (χ0n) is 18.4. The molecule has 0 saturated heterocycles. The molecule has 0 radical (unpaired) electrons. The topological polar surface area (TPSA) is 106 Å². The Bertz CT molecular complexity index is 1020. The molecule has 2 rings (SSSR count). The number of ether oxygens (including phenoxy) is 2. The molecule has 1 atom stereocenters. The number of carbonyl (C=O) groups is 1. The van der Waals surface area contributed by atoms with Crippen LogP contribution in [0.5, 0.6) is 11.5 Å². The van der Waals surface area contributed by atoms with Gasteiger partial charge in [0.25, 0.3) is 5.91 Å². The van der Waals surface area contributed by atoms with E-state index in [2.05, 4.69) is 15.2 Å². The summed E-state index contributed by atoms with van der Waals surface area (Å²) in [5.41, 5.74) is 3.99. The molecule has 0 unspecified atom stereocenters. The number of nitrogens with one attached hydrogen (secondary N) is 2. The average molecular weight is 448 g/mol. The smallest absolute Gasteiger partial charge is 0.258 e. The molecule has 31 heavy (non-hydrogen) atoms. The van der Waals surface area contributed by atoms with Crippen LogP contribution in [-0.4, -0.2) is 40.8 Å². The predicted octanol–water partition coefficient (Wildman–Crippen LogP) is 2.86. The summed E-state index contributed by atoms with van der Waals surface area (Å²) in [6, 6.07) is 10.6. The van der Waals surface area contributed by atoms with Crippen molar-refractivity contribution in [3.8, 4) is 11.5 Å². The SMILES string of the molecule is COc1ccc(/C=N\NC(=O)[C@H](CC(C)C)NS(=O)(=O)c2ccc(C)cc2)c(OC)c1. The third kappa shape index (κ3) is 7.08. The van der Waals surface area contributed by atoms with Crippen molar-refractivity contribution in [2.75, 3.05) is 14.2 Å². The summed E-state index contributed by atoms with van der Waals surface area (Å²) in [5, 5.41) is 3.97. The molecule has 0 aliphatic carbocycles. The normalized spacial score (nSPS) is 12.7. The highest BCUT2D eigenvalue weighted by Gasteiger charge is 2.26. The summed E-state index contributed by atoms with van der Waals surface area (Å²) >= 11 is 0. The van der Waals surface area contributed by atoms with Gasteiger partial charge >= 0.3 is 0 Å². The minimum Gasteiger partial charge on any atom is -0.497 e. The number of nitrogens with zero attached hydrogens (tertiary/aromatic N) is 1. The second-order valence-electron chi connectivity index (χ2n) is 7.46. The van der Waals surface area contributed by atoms with E-state index in [1.807, 2.05) is 20.8 Å². The Labute approximate surface area is 183 Å². The van der Waals surface area contributed by atoms with E-state index in [4.69, 9.17) is 9.47 Å². The van der Waals surface area contributed by atoms with Crippen LogP contribution in [0.4, 0.5) is 0 Å². The largest absolute Gasteiger partial charge is 0.497 e. The number of hydrogen-bond donors (Lipinski definition) is 2. The van der Waals surface area contributed by atoms with Crippen molar-refractivity contribution in [1.29, 1.82) is 0 Å². The van der Waals surface area contributed by atoms with Crippen LogP contribution in [0.1, 0.15) is 31.4 Å². The van der Waals surface area contributed by atoms with E-state index in [-0.39, 0.29) is 10.8 Å². The van der Waals surface area contributed by atoms with Gasteiger partial charge in [-0.3, -0.25) is 4.79 Å². The van der Waals surface area contributed by atoms with Crippen LogP contribution in [-0.2, 0) is 14.8 Å². The third-order valence-corrected chi connectivity index (χ3v) is 5.96. The Hall–Kier alpha value is -2.91. The van der Waals surface area contributed by atoms with Crippen LogP contribution < -0.4 is 19.6 Å². The lowest BCUT2D eigenvalue weighted by molar-refractivity contribution is -0.123. The summed E-state index contributed by atoms with van der Waals surface area (Å²) in [4.78, 5) is 12.8. The third-order valence-electron chi connectivity index (χ3n) is 4.47. The van der Waals surface area contributed by atoms with E-state index < -0.39 is 22.0 Å². The molecule has 8 nitrogen and oxygen atoms in total. The zero-order valence-corrected chi connectivity index (χ0v) is 19.2. The van der Waals surface area contributed by atoms with Crippen molar-refractivity contribution in [3.05, 3.63) is 53.6 Å². The first kappa shape index (κ1) is 24.4. The Morgan fingerprint density at radius 1 is 1.10 bits per heavy atom. The van der Waals surface area contributed by atoms with Gasteiger partial charge in [-0.25, -0.2) is 13.8 Å². The summed E-state index contributed by atoms with van der Waals surface area (Å²) < 4.78 is 38.4. The maximum absolute atomic E-state index is 12.7. The number of methoxy groups -OCH3 is 2. The van der Waals surface area contributed by atoms with Gasteiger partial charge in [-0.15, -0.1) is 0 Å². The first-order valence-corrected chi connectivity index (χ1v) is 11.3. The minimum atomic E-state index is -3.86. The summed E-state index contributed by atoms with van der Waals surface area (Å²) in [6.07, 6.45) is 1.75. The number of rotatable bonds is 10. The first-order chi connectivity index (χ1) is 14.7. The summed E-state index contributed by atoms with van der Waals surface area (Å²) in [7, 11) is -0.791. The van der Waals surface area contributed by atoms with Crippen molar-refractivity contribution in [1.82, 2.24) is 10.1 Å². The fourth-order valence-electron chi connectivity index (χ4n) is 2.82. The second kappa shape index (κ2) is 10.9. The number of carbonyl (C=O) groups excluding carboxylic acids is 1. The quantitative estimate of drug-likeness (QED) is 0.430. The van der Waals surface area contributed by atoms with Crippen LogP contribution in [0.3, 0.4) is 0 Å². The maximum atomic E-state index is 12.7. The molecular formula is C22H29N3O5S. The van der Waals surface area contributed by atoms with Gasteiger partial charge in [0.15, 0.2) is 0 Å². The van der Waals surface area contributed by atoms with Crippen LogP contribution in [0, 0.1) is 12.8 Å².